The molecule has 3 rings (SSSR count). The molecule has 7 nitrogen and oxygen atoms in total. The fourth-order valence-corrected chi connectivity index (χ4v) is 3.94. The van der Waals surface area contributed by atoms with Gasteiger partial charge < -0.3 is 10.2 Å². The maximum atomic E-state index is 12.5. The van der Waals surface area contributed by atoms with Gasteiger partial charge in [0.05, 0.1) is 9.82 Å². The van der Waals surface area contributed by atoms with Gasteiger partial charge in [-0.3, -0.25) is 19.8 Å². The third kappa shape index (κ3) is 5.56. The zero-order valence-corrected chi connectivity index (χ0v) is 17.6. The van der Waals surface area contributed by atoms with Gasteiger partial charge in [-0.05, 0) is 42.6 Å². The van der Waals surface area contributed by atoms with Gasteiger partial charge in [0, 0.05) is 50.0 Å². The van der Waals surface area contributed by atoms with E-state index < -0.39 is 4.92 Å². The van der Waals surface area contributed by atoms with E-state index in [9.17, 15) is 14.9 Å². The average Bonchev–Trinajstić information content (AvgIpc) is 2.75. The minimum absolute atomic E-state index is 0.0522. The number of benzene rings is 2. The van der Waals surface area contributed by atoms with Crippen molar-refractivity contribution in [3.05, 3.63) is 63.7 Å². The van der Waals surface area contributed by atoms with Crippen molar-refractivity contribution in [3.63, 3.8) is 0 Å². The highest BCUT2D eigenvalue weighted by molar-refractivity contribution is 7.98. The molecule has 1 aliphatic heterocycles. The van der Waals surface area contributed by atoms with Crippen molar-refractivity contribution in [1.29, 1.82) is 0 Å². The Bertz CT molecular complexity index is 865. The van der Waals surface area contributed by atoms with Gasteiger partial charge in [-0.25, -0.2) is 0 Å². The van der Waals surface area contributed by atoms with Gasteiger partial charge in [0.1, 0.15) is 0 Å². The van der Waals surface area contributed by atoms with Gasteiger partial charge in [-0.15, -0.1) is 11.8 Å². The SMILES string of the molecule is CCN1CCN(Cc2ccc(NC(=O)c3ccc(SC)c([N+](=O)[O-])c3)cc2)CC1. The van der Waals surface area contributed by atoms with E-state index in [-0.39, 0.29) is 17.2 Å². The second kappa shape index (κ2) is 9.87. The minimum atomic E-state index is -0.461. The first-order chi connectivity index (χ1) is 14.0. The maximum absolute atomic E-state index is 12.5. The summed E-state index contributed by atoms with van der Waals surface area (Å²) in [5, 5.41) is 14.0. The van der Waals surface area contributed by atoms with E-state index in [1.54, 1.807) is 18.4 Å². The van der Waals surface area contributed by atoms with E-state index in [2.05, 4.69) is 22.0 Å². The first-order valence-corrected chi connectivity index (χ1v) is 10.9. The standard InChI is InChI=1S/C21H26N4O3S/c1-3-23-10-12-24(13-11-23)15-16-4-7-18(8-5-16)22-21(26)17-6-9-20(29-2)19(14-17)25(27)28/h4-9,14H,3,10-13,15H2,1-2H3,(H,22,26). The molecule has 0 aromatic heterocycles. The molecular weight excluding hydrogens is 388 g/mol. The number of carbonyl (C=O) groups is 1. The van der Waals surface area contributed by atoms with Crippen molar-refractivity contribution in [2.75, 3.05) is 44.3 Å². The molecule has 1 aliphatic rings. The lowest BCUT2D eigenvalue weighted by atomic mass is 10.1. The van der Waals surface area contributed by atoms with Gasteiger partial charge in [-0.1, -0.05) is 19.1 Å². The summed E-state index contributed by atoms with van der Waals surface area (Å²) >= 11 is 1.29. The zero-order chi connectivity index (χ0) is 20.8. The van der Waals surface area contributed by atoms with E-state index in [0.29, 0.717) is 10.6 Å². The van der Waals surface area contributed by atoms with E-state index in [4.69, 9.17) is 0 Å². The first kappa shape index (κ1) is 21.3. The number of piperazine rings is 1. The highest BCUT2D eigenvalue weighted by Gasteiger charge is 2.18. The van der Waals surface area contributed by atoms with Crippen LogP contribution in [0.3, 0.4) is 0 Å². The molecule has 154 valence electrons. The van der Waals surface area contributed by atoms with Crippen molar-refractivity contribution in [3.8, 4) is 0 Å². The molecule has 0 spiro atoms. The summed E-state index contributed by atoms with van der Waals surface area (Å²) in [6.07, 6.45) is 1.77. The molecule has 1 heterocycles. The fraction of sp³-hybridized carbons (Fsp3) is 0.381. The number of hydrogen-bond acceptors (Lipinski definition) is 6. The molecule has 0 unspecified atom stereocenters. The van der Waals surface area contributed by atoms with Crippen LogP contribution in [-0.4, -0.2) is 59.6 Å². The monoisotopic (exact) mass is 414 g/mol. The Hall–Kier alpha value is -2.42. The molecule has 0 radical (unpaired) electrons. The summed E-state index contributed by atoms with van der Waals surface area (Å²) in [5.41, 5.74) is 2.09. The zero-order valence-electron chi connectivity index (χ0n) is 16.8. The molecule has 0 bridgehead atoms. The molecule has 1 fully saturated rings. The summed E-state index contributed by atoms with van der Waals surface area (Å²) in [5.74, 6) is -0.357. The van der Waals surface area contributed by atoms with Crippen LogP contribution < -0.4 is 5.32 Å². The lowest BCUT2D eigenvalue weighted by Crippen LogP contribution is -2.45. The van der Waals surface area contributed by atoms with Crippen LogP contribution in [0.15, 0.2) is 47.4 Å². The molecule has 29 heavy (non-hydrogen) atoms. The van der Waals surface area contributed by atoms with Gasteiger partial charge in [0.15, 0.2) is 0 Å². The predicted molar refractivity (Wildman–Crippen MR) is 117 cm³/mol. The number of amides is 1. The van der Waals surface area contributed by atoms with E-state index in [0.717, 1.165) is 39.3 Å². The highest BCUT2D eigenvalue weighted by Crippen LogP contribution is 2.28. The third-order valence-corrected chi connectivity index (χ3v) is 5.95. The summed E-state index contributed by atoms with van der Waals surface area (Å²) in [4.78, 5) is 28.7. The number of anilines is 1. The molecular formula is C21H26N4O3S. The summed E-state index contributed by atoms with van der Waals surface area (Å²) in [6, 6.07) is 12.3. The van der Waals surface area contributed by atoms with Gasteiger partial charge >= 0.3 is 0 Å². The minimum Gasteiger partial charge on any atom is -0.322 e. The summed E-state index contributed by atoms with van der Waals surface area (Å²) < 4.78 is 0. The van der Waals surface area contributed by atoms with Gasteiger partial charge in [0.2, 0.25) is 0 Å². The predicted octanol–water partition coefficient (Wildman–Crippen LogP) is 3.71. The molecule has 1 saturated heterocycles. The lowest BCUT2D eigenvalue weighted by molar-refractivity contribution is -0.387. The fourth-order valence-electron chi connectivity index (χ4n) is 3.39. The quantitative estimate of drug-likeness (QED) is 0.423. The number of hydrogen-bond donors (Lipinski definition) is 1. The molecule has 1 amide bonds. The Kier molecular flexibility index (Phi) is 7.24. The van der Waals surface area contributed by atoms with Crippen LogP contribution in [0.1, 0.15) is 22.8 Å². The third-order valence-electron chi connectivity index (χ3n) is 5.17. The van der Waals surface area contributed by atoms with Crippen LogP contribution in [0.25, 0.3) is 0 Å². The van der Waals surface area contributed by atoms with Crippen LogP contribution in [-0.2, 0) is 6.54 Å². The normalized spacial score (nSPS) is 15.2. The Morgan fingerprint density at radius 2 is 1.76 bits per heavy atom. The number of nitrogens with zero attached hydrogens (tertiary/aromatic N) is 3. The Balaban J connectivity index is 1.60. The molecule has 8 heteroatoms. The van der Waals surface area contributed by atoms with Gasteiger partial charge in [0.25, 0.3) is 11.6 Å². The van der Waals surface area contributed by atoms with Gasteiger partial charge in [-0.2, -0.15) is 0 Å². The van der Waals surface area contributed by atoms with Crippen molar-refractivity contribution in [2.45, 2.75) is 18.4 Å². The molecule has 2 aromatic carbocycles. The van der Waals surface area contributed by atoms with E-state index in [1.807, 2.05) is 24.3 Å². The largest absolute Gasteiger partial charge is 0.322 e. The number of rotatable bonds is 7. The van der Waals surface area contributed by atoms with Crippen LogP contribution in [0.2, 0.25) is 0 Å². The highest BCUT2D eigenvalue weighted by atomic mass is 32.2. The molecule has 0 atom stereocenters. The van der Waals surface area contributed by atoms with E-state index >= 15 is 0 Å². The molecule has 0 saturated carbocycles. The Morgan fingerprint density at radius 3 is 2.34 bits per heavy atom. The van der Waals surface area contributed by atoms with Crippen LogP contribution in [0, 0.1) is 10.1 Å². The van der Waals surface area contributed by atoms with Crippen LogP contribution in [0.5, 0.6) is 0 Å². The van der Waals surface area contributed by atoms with Crippen molar-refractivity contribution >= 4 is 29.0 Å². The van der Waals surface area contributed by atoms with E-state index in [1.165, 1.54) is 23.4 Å². The van der Waals surface area contributed by atoms with Crippen LogP contribution >= 0.6 is 11.8 Å². The number of thioether (sulfide) groups is 1. The summed E-state index contributed by atoms with van der Waals surface area (Å²) in [6.45, 7) is 8.53. The van der Waals surface area contributed by atoms with Crippen molar-refractivity contribution < 1.29 is 9.72 Å². The second-order valence-electron chi connectivity index (χ2n) is 7.01. The Morgan fingerprint density at radius 1 is 1.10 bits per heavy atom. The number of nitro benzene ring substituents is 1. The number of nitrogens with one attached hydrogen (secondary N) is 1. The van der Waals surface area contributed by atoms with Crippen molar-refractivity contribution in [1.82, 2.24) is 9.80 Å². The van der Waals surface area contributed by atoms with Crippen molar-refractivity contribution in [2.24, 2.45) is 0 Å². The first-order valence-electron chi connectivity index (χ1n) is 9.67. The topological polar surface area (TPSA) is 78.7 Å². The molecule has 2 aromatic rings. The number of likely N-dealkylation sites (N-methyl/N-ethyl adjacent to an activating group) is 1. The number of carbonyl (C=O) groups excluding carboxylic acids is 1. The lowest BCUT2D eigenvalue weighted by Gasteiger charge is -2.34. The Labute approximate surface area is 175 Å². The maximum Gasteiger partial charge on any atom is 0.283 e. The summed E-state index contributed by atoms with van der Waals surface area (Å²) in [7, 11) is 0. The smallest absolute Gasteiger partial charge is 0.283 e. The van der Waals surface area contributed by atoms with Crippen LogP contribution in [0.4, 0.5) is 11.4 Å². The molecule has 0 aliphatic carbocycles. The second-order valence-corrected chi connectivity index (χ2v) is 7.85. The average molecular weight is 415 g/mol. The molecule has 1 N–H and O–H groups in total. The number of nitro groups is 1.